The molecule has 2 aromatic carbocycles. The second-order valence-electron chi connectivity index (χ2n) is 5.23. The number of hydrogen-bond donors (Lipinski definition) is 1. The summed E-state index contributed by atoms with van der Waals surface area (Å²) in [6.07, 6.45) is 2.09. The van der Waals surface area contributed by atoms with Crippen LogP contribution < -0.4 is 0 Å². The zero-order valence-electron chi connectivity index (χ0n) is 12.6. The molecule has 1 N–H and O–H groups in total. The third kappa shape index (κ3) is 2.72. The van der Waals surface area contributed by atoms with Gasteiger partial charge in [-0.05, 0) is 24.6 Å². The highest BCUT2D eigenvalue weighted by Crippen LogP contribution is 2.39. The minimum atomic E-state index is 0.189. The van der Waals surface area contributed by atoms with Gasteiger partial charge in [0.15, 0.2) is 5.69 Å². The van der Waals surface area contributed by atoms with E-state index in [2.05, 4.69) is 17.2 Å². The van der Waals surface area contributed by atoms with Gasteiger partial charge in [0.05, 0.1) is 11.2 Å². The van der Waals surface area contributed by atoms with E-state index in [0.29, 0.717) is 5.69 Å². The monoisotopic (exact) mass is 293 g/mol. The summed E-state index contributed by atoms with van der Waals surface area (Å²) in [6.45, 7) is 2.92. The summed E-state index contributed by atoms with van der Waals surface area (Å²) in [4.78, 5) is 0. The van der Waals surface area contributed by atoms with E-state index in [1.54, 1.807) is 0 Å². The van der Waals surface area contributed by atoms with Crippen LogP contribution in [0.1, 0.15) is 19.8 Å². The van der Waals surface area contributed by atoms with Crippen LogP contribution in [0.3, 0.4) is 0 Å². The number of fused-ring (bicyclic) bond motifs is 1. The van der Waals surface area contributed by atoms with Gasteiger partial charge < -0.3 is 9.67 Å². The highest BCUT2D eigenvalue weighted by molar-refractivity contribution is 5.95. The van der Waals surface area contributed by atoms with Crippen molar-refractivity contribution in [3.63, 3.8) is 0 Å². The molecular weight excluding hydrogens is 274 g/mol. The Bertz CT molecular complexity index is 791. The van der Waals surface area contributed by atoms with Crippen LogP contribution in [-0.2, 0) is 6.54 Å². The predicted molar refractivity (Wildman–Crippen MR) is 89.1 cm³/mol. The van der Waals surface area contributed by atoms with Gasteiger partial charge in [-0.1, -0.05) is 49.7 Å². The molecule has 1 heterocycles. The van der Waals surface area contributed by atoms with E-state index in [4.69, 9.17) is 0 Å². The van der Waals surface area contributed by atoms with Crippen molar-refractivity contribution in [2.75, 3.05) is 0 Å². The molecule has 0 aliphatic heterocycles. The molecule has 4 nitrogen and oxygen atoms in total. The van der Waals surface area contributed by atoms with Crippen LogP contribution in [0, 0.1) is 0 Å². The third-order valence-electron chi connectivity index (χ3n) is 3.67. The molecular formula is C18H19N3O. The van der Waals surface area contributed by atoms with Gasteiger partial charge in [0.2, 0.25) is 5.88 Å². The topological polar surface area (TPSA) is 49.9 Å². The lowest BCUT2D eigenvalue weighted by Crippen LogP contribution is -1.96. The molecule has 3 aromatic rings. The number of unbranched alkanes of at least 4 members (excludes halogenated alkanes) is 1. The SMILES string of the molecule is CCCCn1c(O)c(N=Nc2ccccc2)c2ccccc21. The first-order chi connectivity index (χ1) is 10.8. The molecule has 0 saturated heterocycles. The maximum absolute atomic E-state index is 10.5. The largest absolute Gasteiger partial charge is 0.493 e. The lowest BCUT2D eigenvalue weighted by molar-refractivity contribution is 0.418. The Morgan fingerprint density at radius 2 is 1.68 bits per heavy atom. The summed E-state index contributed by atoms with van der Waals surface area (Å²) < 4.78 is 1.91. The predicted octanol–water partition coefficient (Wildman–Crippen LogP) is 5.56. The Kier molecular flexibility index (Phi) is 4.19. The summed E-state index contributed by atoms with van der Waals surface area (Å²) in [5, 5.41) is 20.0. The molecule has 1 aromatic heterocycles. The third-order valence-corrected chi connectivity index (χ3v) is 3.67. The van der Waals surface area contributed by atoms with Crippen molar-refractivity contribution in [1.29, 1.82) is 0 Å². The first-order valence-corrected chi connectivity index (χ1v) is 7.58. The Morgan fingerprint density at radius 3 is 2.45 bits per heavy atom. The fourth-order valence-electron chi connectivity index (χ4n) is 2.52. The van der Waals surface area contributed by atoms with Crippen molar-refractivity contribution in [2.45, 2.75) is 26.3 Å². The van der Waals surface area contributed by atoms with E-state index in [1.807, 2.05) is 59.2 Å². The summed E-state index contributed by atoms with van der Waals surface area (Å²) in [7, 11) is 0. The van der Waals surface area contributed by atoms with Gasteiger partial charge in [-0.25, -0.2) is 0 Å². The lowest BCUT2D eigenvalue weighted by atomic mass is 10.2. The molecule has 0 radical (unpaired) electrons. The molecule has 0 amide bonds. The van der Waals surface area contributed by atoms with Gasteiger partial charge in [-0.3, -0.25) is 0 Å². The van der Waals surface area contributed by atoms with E-state index < -0.39 is 0 Å². The average molecular weight is 293 g/mol. The first-order valence-electron chi connectivity index (χ1n) is 7.58. The van der Waals surface area contributed by atoms with Crippen LogP contribution in [0.5, 0.6) is 5.88 Å². The Balaban J connectivity index is 2.05. The molecule has 0 unspecified atom stereocenters. The summed E-state index contributed by atoms with van der Waals surface area (Å²) in [5.74, 6) is 0.189. The number of para-hydroxylation sites is 1. The quantitative estimate of drug-likeness (QED) is 0.615. The van der Waals surface area contributed by atoms with Crippen molar-refractivity contribution in [3.8, 4) is 5.88 Å². The van der Waals surface area contributed by atoms with Crippen molar-refractivity contribution in [3.05, 3.63) is 54.6 Å². The number of rotatable bonds is 5. The van der Waals surface area contributed by atoms with Crippen LogP contribution in [0.25, 0.3) is 10.9 Å². The number of azo groups is 1. The number of benzene rings is 2. The van der Waals surface area contributed by atoms with Gasteiger partial charge in [-0.15, -0.1) is 5.11 Å². The van der Waals surface area contributed by atoms with Crippen molar-refractivity contribution < 1.29 is 5.11 Å². The van der Waals surface area contributed by atoms with Crippen molar-refractivity contribution in [1.82, 2.24) is 4.57 Å². The fraction of sp³-hybridized carbons (Fsp3) is 0.222. The van der Waals surface area contributed by atoms with Crippen LogP contribution in [0.15, 0.2) is 64.8 Å². The molecule has 0 aliphatic rings. The normalized spacial score (nSPS) is 11.5. The highest BCUT2D eigenvalue weighted by Gasteiger charge is 2.15. The van der Waals surface area contributed by atoms with Gasteiger partial charge in [-0.2, -0.15) is 5.11 Å². The number of aromatic nitrogens is 1. The molecule has 3 rings (SSSR count). The number of aryl methyl sites for hydroxylation is 1. The number of nitrogens with zero attached hydrogens (tertiary/aromatic N) is 3. The molecule has 22 heavy (non-hydrogen) atoms. The Labute approximate surface area is 129 Å². The minimum absolute atomic E-state index is 0.189. The van der Waals surface area contributed by atoms with Crippen molar-refractivity contribution >= 4 is 22.3 Å². The zero-order valence-corrected chi connectivity index (χ0v) is 12.6. The van der Waals surface area contributed by atoms with E-state index in [1.165, 1.54) is 0 Å². The minimum Gasteiger partial charge on any atom is -0.493 e. The molecule has 0 fully saturated rings. The van der Waals surface area contributed by atoms with Gasteiger partial charge in [0.25, 0.3) is 0 Å². The smallest absolute Gasteiger partial charge is 0.220 e. The molecule has 0 spiro atoms. The molecule has 4 heteroatoms. The molecule has 112 valence electrons. The van der Waals surface area contributed by atoms with Gasteiger partial charge >= 0.3 is 0 Å². The maximum atomic E-state index is 10.5. The standard InChI is InChI=1S/C18H19N3O/c1-2-3-13-21-16-12-8-7-11-15(16)17(18(21)22)20-19-14-9-5-4-6-10-14/h4-12,22H,2-3,13H2,1H3. The first kappa shape index (κ1) is 14.3. The highest BCUT2D eigenvalue weighted by atomic mass is 16.3. The average Bonchev–Trinajstić information content (AvgIpc) is 2.83. The van der Waals surface area contributed by atoms with Crippen LogP contribution in [0.2, 0.25) is 0 Å². The number of aromatic hydroxyl groups is 1. The van der Waals surface area contributed by atoms with E-state index >= 15 is 0 Å². The summed E-state index contributed by atoms with van der Waals surface area (Å²) in [5.41, 5.74) is 2.30. The van der Waals surface area contributed by atoms with Gasteiger partial charge in [0, 0.05) is 11.9 Å². The lowest BCUT2D eigenvalue weighted by Gasteiger charge is -2.05. The molecule has 0 bridgehead atoms. The molecule has 0 aliphatic carbocycles. The van der Waals surface area contributed by atoms with Crippen molar-refractivity contribution in [2.24, 2.45) is 10.2 Å². The molecule has 0 saturated carbocycles. The Morgan fingerprint density at radius 1 is 0.955 bits per heavy atom. The summed E-state index contributed by atoms with van der Waals surface area (Å²) in [6, 6.07) is 17.4. The number of hydrogen-bond acceptors (Lipinski definition) is 3. The van der Waals surface area contributed by atoms with Crippen LogP contribution in [0.4, 0.5) is 11.4 Å². The summed E-state index contributed by atoms with van der Waals surface area (Å²) >= 11 is 0. The maximum Gasteiger partial charge on any atom is 0.220 e. The van der Waals surface area contributed by atoms with Gasteiger partial charge in [0.1, 0.15) is 0 Å². The fourth-order valence-corrected chi connectivity index (χ4v) is 2.52. The van der Waals surface area contributed by atoms with E-state index in [0.717, 1.165) is 36.0 Å². The van der Waals surface area contributed by atoms with E-state index in [-0.39, 0.29) is 5.88 Å². The molecule has 0 atom stereocenters. The Hall–Kier alpha value is -2.62. The van der Waals surface area contributed by atoms with Crippen LogP contribution in [-0.4, -0.2) is 9.67 Å². The second-order valence-corrected chi connectivity index (χ2v) is 5.23. The zero-order chi connectivity index (χ0) is 15.4. The second kappa shape index (κ2) is 6.43. The van der Waals surface area contributed by atoms with Crippen LogP contribution >= 0.6 is 0 Å². The van der Waals surface area contributed by atoms with E-state index in [9.17, 15) is 5.11 Å².